The smallest absolute Gasteiger partial charge is 0.375 e. The number of hydrogen-bond donors (Lipinski definition) is 1. The van der Waals surface area contributed by atoms with Gasteiger partial charge in [-0.15, -0.1) is 0 Å². The summed E-state index contributed by atoms with van der Waals surface area (Å²) in [5, 5.41) is 9.25. The number of carbonyl (C=O) groups is 1. The van der Waals surface area contributed by atoms with Crippen LogP contribution < -0.4 is 10.2 Å². The van der Waals surface area contributed by atoms with Crippen molar-refractivity contribution in [3.05, 3.63) is 69.3 Å². The van der Waals surface area contributed by atoms with Gasteiger partial charge in [-0.3, -0.25) is 4.79 Å². The number of aromatic carboxylic acids is 1. The van der Waals surface area contributed by atoms with Crippen LogP contribution >= 0.6 is 0 Å². The van der Waals surface area contributed by atoms with E-state index in [0.29, 0.717) is 17.7 Å². The van der Waals surface area contributed by atoms with Crippen LogP contribution in [-0.4, -0.2) is 11.1 Å². The molecule has 0 aliphatic heterocycles. The van der Waals surface area contributed by atoms with Crippen LogP contribution in [0.5, 0.6) is 5.75 Å². The van der Waals surface area contributed by atoms with Gasteiger partial charge in [0, 0.05) is 5.56 Å². The summed E-state index contributed by atoms with van der Waals surface area (Å²) in [4.78, 5) is 23.8. The Morgan fingerprint density at radius 1 is 1.27 bits per heavy atom. The molecule has 1 aromatic carbocycles. The van der Waals surface area contributed by atoms with Crippen molar-refractivity contribution >= 4 is 12.0 Å². The van der Waals surface area contributed by atoms with Gasteiger partial charge in [0.25, 0.3) is 5.76 Å². The Kier molecular flexibility index (Phi) is 3.78. The maximum absolute atomic E-state index is 12.5. The zero-order valence-electron chi connectivity index (χ0n) is 11.7. The van der Waals surface area contributed by atoms with Crippen LogP contribution in [0, 0.1) is 0 Å². The first-order valence-electron chi connectivity index (χ1n) is 6.93. The van der Waals surface area contributed by atoms with Gasteiger partial charge in [-0.1, -0.05) is 36.4 Å². The van der Waals surface area contributed by atoms with Crippen LogP contribution in [0.15, 0.2) is 45.6 Å². The fraction of sp³-hybridized carbons (Fsp3) is 0.176. The van der Waals surface area contributed by atoms with Gasteiger partial charge in [0.05, 0.1) is 0 Å². The van der Waals surface area contributed by atoms with E-state index in [0.717, 1.165) is 12.0 Å². The second kappa shape index (κ2) is 5.89. The summed E-state index contributed by atoms with van der Waals surface area (Å²) >= 11 is 0. The van der Waals surface area contributed by atoms with Crippen molar-refractivity contribution in [2.45, 2.75) is 19.4 Å². The minimum absolute atomic E-state index is 0.112. The third kappa shape index (κ3) is 2.65. The molecule has 0 fully saturated rings. The van der Waals surface area contributed by atoms with Crippen LogP contribution in [0.3, 0.4) is 0 Å². The summed E-state index contributed by atoms with van der Waals surface area (Å²) in [6.45, 7) is 0.112. The Labute approximate surface area is 126 Å². The lowest BCUT2D eigenvalue weighted by atomic mass is 10.0. The van der Waals surface area contributed by atoms with E-state index in [1.54, 1.807) is 6.08 Å². The highest BCUT2D eigenvalue weighted by Crippen LogP contribution is 2.24. The van der Waals surface area contributed by atoms with Crippen molar-refractivity contribution in [2.75, 3.05) is 0 Å². The quantitative estimate of drug-likeness (QED) is 0.939. The first kappa shape index (κ1) is 14.1. The zero-order valence-corrected chi connectivity index (χ0v) is 11.7. The highest BCUT2D eigenvalue weighted by Gasteiger charge is 2.24. The maximum atomic E-state index is 12.5. The first-order chi connectivity index (χ1) is 10.7. The predicted molar refractivity (Wildman–Crippen MR) is 80.1 cm³/mol. The van der Waals surface area contributed by atoms with E-state index >= 15 is 0 Å². The fourth-order valence-electron chi connectivity index (χ4n) is 2.36. The van der Waals surface area contributed by atoms with Crippen molar-refractivity contribution in [1.29, 1.82) is 0 Å². The summed E-state index contributed by atoms with van der Waals surface area (Å²) in [5.41, 5.74) is 0.908. The van der Waals surface area contributed by atoms with Gasteiger partial charge in [-0.2, -0.15) is 0 Å². The molecule has 2 aromatic rings. The zero-order chi connectivity index (χ0) is 15.5. The maximum Gasteiger partial charge on any atom is 0.375 e. The topological polar surface area (TPSA) is 76.7 Å². The molecule has 0 saturated carbocycles. The number of rotatable bonds is 4. The van der Waals surface area contributed by atoms with Crippen LogP contribution in [-0.2, 0) is 13.0 Å². The lowest BCUT2D eigenvalue weighted by Crippen LogP contribution is -2.20. The Morgan fingerprint density at radius 3 is 2.77 bits per heavy atom. The molecule has 0 spiro atoms. The van der Waals surface area contributed by atoms with Crippen molar-refractivity contribution in [3.8, 4) is 5.75 Å². The molecule has 0 radical (unpaired) electrons. The molecule has 0 bridgehead atoms. The number of benzene rings is 1. The SMILES string of the molecule is O=C(O)c1oc2c(c(=O)c1OCc1ccccc1)CCC=C2. The number of carboxylic acid groups (broad SMARTS) is 1. The number of allylic oxidation sites excluding steroid dienone is 1. The lowest BCUT2D eigenvalue weighted by molar-refractivity contribution is 0.0649. The van der Waals surface area contributed by atoms with E-state index in [4.69, 9.17) is 9.15 Å². The summed E-state index contributed by atoms with van der Waals surface area (Å²) in [6, 6.07) is 9.23. The molecule has 3 rings (SSSR count). The predicted octanol–water partition coefficient (Wildman–Crippen LogP) is 2.88. The second-order valence-corrected chi connectivity index (χ2v) is 4.95. The number of ether oxygens (including phenoxy) is 1. The standard InChI is InChI=1S/C17H14O5/c18-14-12-8-4-5-9-13(12)22-16(17(19)20)15(14)21-10-11-6-2-1-3-7-11/h1-3,5-7,9H,4,8,10H2,(H,19,20). The molecule has 1 aliphatic carbocycles. The van der Waals surface area contributed by atoms with Crippen molar-refractivity contribution < 1.29 is 19.1 Å². The van der Waals surface area contributed by atoms with Gasteiger partial charge in [0.1, 0.15) is 12.4 Å². The average Bonchev–Trinajstić information content (AvgIpc) is 2.54. The third-order valence-electron chi connectivity index (χ3n) is 3.45. The molecular weight excluding hydrogens is 284 g/mol. The van der Waals surface area contributed by atoms with Gasteiger partial charge >= 0.3 is 5.97 Å². The molecule has 0 atom stereocenters. The van der Waals surface area contributed by atoms with Gasteiger partial charge in [0.2, 0.25) is 11.2 Å². The van der Waals surface area contributed by atoms with Crippen molar-refractivity contribution in [1.82, 2.24) is 0 Å². The minimum Gasteiger partial charge on any atom is -0.481 e. The normalized spacial score (nSPS) is 12.7. The molecule has 5 heteroatoms. The van der Waals surface area contributed by atoms with Crippen molar-refractivity contribution in [2.24, 2.45) is 0 Å². The minimum atomic E-state index is -1.32. The molecule has 1 N–H and O–H groups in total. The molecular formula is C17H14O5. The van der Waals surface area contributed by atoms with Crippen molar-refractivity contribution in [3.63, 3.8) is 0 Å². The van der Waals surface area contributed by atoms with E-state index in [9.17, 15) is 14.7 Å². The Morgan fingerprint density at radius 2 is 2.05 bits per heavy atom. The van der Waals surface area contributed by atoms with Gasteiger partial charge in [0.15, 0.2) is 0 Å². The molecule has 0 amide bonds. The molecule has 22 heavy (non-hydrogen) atoms. The van der Waals surface area contributed by atoms with Gasteiger partial charge in [-0.05, 0) is 24.5 Å². The summed E-state index contributed by atoms with van der Waals surface area (Å²) in [7, 11) is 0. The van der Waals surface area contributed by atoms with Crippen LogP contribution in [0.1, 0.15) is 33.9 Å². The molecule has 5 nitrogen and oxygen atoms in total. The number of hydrogen-bond acceptors (Lipinski definition) is 4. The summed E-state index contributed by atoms with van der Waals surface area (Å²) < 4.78 is 10.8. The van der Waals surface area contributed by atoms with E-state index < -0.39 is 17.2 Å². The molecule has 112 valence electrons. The van der Waals surface area contributed by atoms with Crippen LogP contribution in [0.25, 0.3) is 6.08 Å². The first-order valence-corrected chi connectivity index (χ1v) is 6.93. The number of carboxylic acids is 1. The fourth-order valence-corrected chi connectivity index (χ4v) is 2.36. The van der Waals surface area contributed by atoms with E-state index in [2.05, 4.69) is 0 Å². The Balaban J connectivity index is 2.00. The summed E-state index contributed by atoms with van der Waals surface area (Å²) in [6.07, 6.45) is 4.73. The van der Waals surface area contributed by atoms with Gasteiger partial charge < -0.3 is 14.3 Å². The van der Waals surface area contributed by atoms with E-state index in [-0.39, 0.29) is 12.4 Å². The van der Waals surface area contributed by atoms with Gasteiger partial charge in [-0.25, -0.2) is 4.79 Å². The summed E-state index contributed by atoms with van der Waals surface area (Å²) in [5.74, 6) is -1.70. The second-order valence-electron chi connectivity index (χ2n) is 4.95. The number of fused-ring (bicyclic) bond motifs is 1. The lowest BCUT2D eigenvalue weighted by Gasteiger charge is -2.13. The monoisotopic (exact) mass is 298 g/mol. The molecule has 0 unspecified atom stereocenters. The highest BCUT2D eigenvalue weighted by molar-refractivity contribution is 5.87. The van der Waals surface area contributed by atoms with E-state index in [1.807, 2.05) is 36.4 Å². The third-order valence-corrected chi connectivity index (χ3v) is 3.45. The average molecular weight is 298 g/mol. The van der Waals surface area contributed by atoms with E-state index in [1.165, 1.54) is 0 Å². The molecule has 0 saturated heterocycles. The molecule has 1 aromatic heterocycles. The molecule has 1 aliphatic rings. The highest BCUT2D eigenvalue weighted by atomic mass is 16.5. The van der Waals surface area contributed by atoms with Crippen LogP contribution in [0.4, 0.5) is 0 Å². The Bertz CT molecular complexity index is 787. The van der Waals surface area contributed by atoms with Crippen LogP contribution in [0.2, 0.25) is 0 Å². The largest absolute Gasteiger partial charge is 0.481 e. The molecule has 1 heterocycles. The Hall–Kier alpha value is -2.82.